The van der Waals surface area contributed by atoms with Crippen LogP contribution in [-0.4, -0.2) is 0 Å². The standard InChI is InChI=1S/C12H18/c1-4-10-7-11(5-2)9-12(6-3)8-10/h7-9H,4-6H2,1-3H3/i4D2,5D2,6D2. The van der Waals surface area contributed by atoms with Gasteiger partial charge in [0, 0.05) is 8.22 Å². The zero-order chi connectivity index (χ0) is 14.4. The van der Waals surface area contributed by atoms with E-state index in [1.165, 1.54) is 39.0 Å². The van der Waals surface area contributed by atoms with Crippen LogP contribution in [0.4, 0.5) is 0 Å². The predicted molar refractivity (Wildman–Crippen MR) is 54.6 cm³/mol. The number of benzene rings is 1. The van der Waals surface area contributed by atoms with Crippen LogP contribution in [-0.2, 0) is 19.1 Å². The molecule has 0 atom stereocenters. The van der Waals surface area contributed by atoms with E-state index >= 15 is 0 Å². The van der Waals surface area contributed by atoms with Gasteiger partial charge < -0.3 is 0 Å². The summed E-state index contributed by atoms with van der Waals surface area (Å²) in [6.45, 7) is 4.14. The van der Waals surface area contributed by atoms with Gasteiger partial charge in [0.2, 0.25) is 0 Å². The zero-order valence-corrected chi connectivity index (χ0v) is 7.73. The Morgan fingerprint density at radius 2 is 1.08 bits per heavy atom. The summed E-state index contributed by atoms with van der Waals surface area (Å²) in [4.78, 5) is 0. The first-order valence-electron chi connectivity index (χ1n) is 6.98. The number of hydrogen-bond acceptors (Lipinski definition) is 0. The molecule has 0 aliphatic carbocycles. The molecule has 0 bridgehead atoms. The molecule has 1 rings (SSSR count). The van der Waals surface area contributed by atoms with Crippen LogP contribution < -0.4 is 0 Å². The molecule has 12 heavy (non-hydrogen) atoms. The van der Waals surface area contributed by atoms with Crippen LogP contribution in [0.2, 0.25) is 0 Å². The lowest BCUT2D eigenvalue weighted by atomic mass is 10.0. The van der Waals surface area contributed by atoms with Gasteiger partial charge in [-0.25, -0.2) is 0 Å². The quantitative estimate of drug-likeness (QED) is 0.649. The van der Waals surface area contributed by atoms with Gasteiger partial charge in [0.25, 0.3) is 0 Å². The summed E-state index contributed by atoms with van der Waals surface area (Å²) in [5.74, 6) is 0. The average Bonchev–Trinajstić information content (AvgIpc) is 2.13. The fourth-order valence-electron chi connectivity index (χ4n) is 1.06. The zero-order valence-electron chi connectivity index (χ0n) is 13.7. The molecule has 0 aliphatic heterocycles. The van der Waals surface area contributed by atoms with Crippen molar-refractivity contribution in [3.63, 3.8) is 0 Å². The Kier molecular flexibility index (Phi) is 1.42. The second kappa shape index (κ2) is 4.30. The summed E-state index contributed by atoms with van der Waals surface area (Å²) < 4.78 is 46.2. The van der Waals surface area contributed by atoms with Gasteiger partial charge in [0.1, 0.15) is 0 Å². The summed E-state index contributed by atoms with van der Waals surface area (Å²) in [5.41, 5.74) is 0.893. The van der Waals surface area contributed by atoms with E-state index in [1.54, 1.807) is 0 Å². The monoisotopic (exact) mass is 168 g/mol. The molecule has 0 aliphatic rings. The topological polar surface area (TPSA) is 0 Å². The third kappa shape index (κ3) is 2.10. The average molecular weight is 168 g/mol. The Morgan fingerprint density at radius 1 is 0.833 bits per heavy atom. The van der Waals surface area contributed by atoms with Crippen LogP contribution in [0.1, 0.15) is 45.7 Å². The van der Waals surface area contributed by atoms with E-state index in [9.17, 15) is 0 Å². The molecule has 0 unspecified atom stereocenters. The second-order valence-corrected chi connectivity index (χ2v) is 2.55. The molecule has 0 aromatic heterocycles. The first kappa shape index (κ1) is 3.95. The highest BCUT2D eigenvalue weighted by atomic mass is 14.0. The SMILES string of the molecule is [2H]C([2H])(C)c1cc(C([2H])([2H])C)cc(C([2H])([2H])C)c1. The van der Waals surface area contributed by atoms with Gasteiger partial charge in [-0.2, -0.15) is 0 Å². The molecule has 0 nitrogen and oxygen atoms in total. The number of rotatable bonds is 3. The summed E-state index contributed by atoms with van der Waals surface area (Å²) >= 11 is 0. The second-order valence-electron chi connectivity index (χ2n) is 2.55. The summed E-state index contributed by atoms with van der Waals surface area (Å²) in [5, 5.41) is 0. The van der Waals surface area contributed by atoms with E-state index < -0.39 is 19.1 Å². The van der Waals surface area contributed by atoms with Crippen molar-refractivity contribution in [2.75, 3.05) is 0 Å². The van der Waals surface area contributed by atoms with Gasteiger partial charge in [-0.15, -0.1) is 0 Å². The lowest BCUT2D eigenvalue weighted by Gasteiger charge is -2.05. The van der Waals surface area contributed by atoms with E-state index in [4.69, 9.17) is 8.22 Å². The van der Waals surface area contributed by atoms with Crippen molar-refractivity contribution in [1.82, 2.24) is 0 Å². The first-order chi connectivity index (χ1) is 7.82. The third-order valence-corrected chi connectivity index (χ3v) is 1.80. The first-order valence-corrected chi connectivity index (χ1v) is 3.98. The molecule has 0 saturated carbocycles. The highest BCUT2D eigenvalue weighted by Gasteiger charge is 1.96. The molecule has 0 fully saturated rings. The fraction of sp³-hybridized carbons (Fsp3) is 0.500. The maximum atomic E-state index is 7.70. The van der Waals surface area contributed by atoms with E-state index in [0.29, 0.717) is 16.7 Å². The molecule has 1 aromatic rings. The minimum absolute atomic E-state index is 0.298. The molecule has 0 spiro atoms. The Bertz CT molecular complexity index is 354. The van der Waals surface area contributed by atoms with E-state index in [0.717, 1.165) is 0 Å². The molecular formula is C12H18. The predicted octanol–water partition coefficient (Wildman–Crippen LogP) is 3.37. The molecule has 0 saturated heterocycles. The molecule has 0 amide bonds. The van der Waals surface area contributed by atoms with Crippen LogP contribution in [0, 0.1) is 0 Å². The van der Waals surface area contributed by atoms with Crippen molar-refractivity contribution < 1.29 is 8.22 Å². The molecular weight excluding hydrogens is 144 g/mol. The summed E-state index contributed by atoms with van der Waals surface area (Å²) in [6, 6.07) is 4.40. The van der Waals surface area contributed by atoms with Gasteiger partial charge in [-0.1, -0.05) is 39.0 Å². The van der Waals surface area contributed by atoms with E-state index in [-0.39, 0.29) is 0 Å². The van der Waals surface area contributed by atoms with Crippen molar-refractivity contribution in [3.05, 3.63) is 34.9 Å². The van der Waals surface area contributed by atoms with E-state index in [2.05, 4.69) is 0 Å². The van der Waals surface area contributed by atoms with Gasteiger partial charge in [0.15, 0.2) is 0 Å². The summed E-state index contributed by atoms with van der Waals surface area (Å²) in [6.07, 6.45) is -4.87. The minimum atomic E-state index is -1.62. The van der Waals surface area contributed by atoms with Crippen LogP contribution in [0.15, 0.2) is 18.2 Å². The Labute approximate surface area is 84.1 Å². The molecule has 0 heterocycles. The highest BCUT2D eigenvalue weighted by molar-refractivity contribution is 5.30. The Hall–Kier alpha value is -0.780. The maximum absolute atomic E-state index is 7.70. The Balaban J connectivity index is 3.49. The lowest BCUT2D eigenvalue weighted by molar-refractivity contribution is 1.04. The maximum Gasteiger partial charge on any atom is 0.0313 e. The van der Waals surface area contributed by atoms with E-state index in [1.807, 2.05) is 0 Å². The smallest absolute Gasteiger partial charge is 0.0313 e. The van der Waals surface area contributed by atoms with Crippen molar-refractivity contribution >= 4 is 0 Å². The molecule has 0 N–H and O–H groups in total. The largest absolute Gasteiger partial charge is 0.0613 e. The third-order valence-electron chi connectivity index (χ3n) is 1.80. The van der Waals surface area contributed by atoms with Crippen molar-refractivity contribution in [1.29, 1.82) is 0 Å². The van der Waals surface area contributed by atoms with Crippen LogP contribution in [0.3, 0.4) is 0 Å². The summed E-state index contributed by atoms with van der Waals surface area (Å²) in [7, 11) is 0. The van der Waals surface area contributed by atoms with Crippen LogP contribution in [0.25, 0.3) is 0 Å². The minimum Gasteiger partial charge on any atom is -0.0613 e. The van der Waals surface area contributed by atoms with Gasteiger partial charge in [-0.05, 0) is 35.8 Å². The van der Waals surface area contributed by atoms with Gasteiger partial charge in [-0.3, -0.25) is 0 Å². The van der Waals surface area contributed by atoms with Crippen molar-refractivity contribution in [2.24, 2.45) is 0 Å². The van der Waals surface area contributed by atoms with Crippen molar-refractivity contribution in [3.8, 4) is 0 Å². The highest BCUT2D eigenvalue weighted by Crippen LogP contribution is 2.12. The lowest BCUT2D eigenvalue weighted by Crippen LogP contribution is -1.90. The van der Waals surface area contributed by atoms with Gasteiger partial charge in [0.05, 0.1) is 0 Å². The Morgan fingerprint density at radius 3 is 1.25 bits per heavy atom. The fourth-order valence-corrected chi connectivity index (χ4v) is 1.06. The normalized spacial score (nSPS) is 21.2. The number of aryl methyl sites for hydroxylation is 3. The van der Waals surface area contributed by atoms with Crippen LogP contribution >= 0.6 is 0 Å². The molecule has 1 aromatic carbocycles. The number of hydrogen-bond donors (Lipinski definition) is 0. The molecule has 0 heteroatoms. The molecule has 0 radical (unpaired) electrons. The van der Waals surface area contributed by atoms with Crippen LogP contribution in [0.5, 0.6) is 0 Å². The van der Waals surface area contributed by atoms with Crippen molar-refractivity contribution in [2.45, 2.75) is 39.9 Å². The molecule has 66 valence electrons. The van der Waals surface area contributed by atoms with Gasteiger partial charge >= 0.3 is 0 Å².